The Kier molecular flexibility index (Phi) is 6.74. The zero-order valence-corrected chi connectivity index (χ0v) is 16.9. The molecule has 140 valence electrons. The Morgan fingerprint density at radius 3 is 3.08 bits per heavy atom. The summed E-state index contributed by atoms with van der Waals surface area (Å²) in [6, 6.07) is 8.44. The first kappa shape index (κ1) is 19.0. The fourth-order valence-corrected chi connectivity index (χ4v) is 4.14. The number of aromatic nitrogens is 1. The molecule has 3 rings (SSSR count). The Balaban J connectivity index is 1.41. The van der Waals surface area contributed by atoms with Crippen LogP contribution in [0.15, 0.2) is 34.6 Å². The smallest absolute Gasteiger partial charge is 0.191 e. The van der Waals surface area contributed by atoms with E-state index in [0.29, 0.717) is 6.04 Å². The van der Waals surface area contributed by atoms with Gasteiger partial charge in [0.2, 0.25) is 0 Å². The van der Waals surface area contributed by atoms with Crippen LogP contribution >= 0.6 is 22.9 Å². The zero-order chi connectivity index (χ0) is 18.4. The highest BCUT2D eigenvalue weighted by Crippen LogP contribution is 2.23. The molecule has 0 spiro atoms. The van der Waals surface area contributed by atoms with Crippen molar-refractivity contribution < 1.29 is 0 Å². The minimum atomic E-state index is 0.391. The number of halogens is 1. The number of aliphatic imine (C=N–C) groups is 1. The van der Waals surface area contributed by atoms with Gasteiger partial charge in [0.05, 0.1) is 5.01 Å². The van der Waals surface area contributed by atoms with E-state index in [1.165, 1.54) is 10.7 Å². The number of nitrogens with zero attached hydrogens (tertiary/aromatic N) is 3. The van der Waals surface area contributed by atoms with Crippen molar-refractivity contribution in [2.24, 2.45) is 4.99 Å². The fraction of sp³-hybridized carbons (Fsp3) is 0.474. The zero-order valence-electron chi connectivity index (χ0n) is 15.3. The molecule has 0 radical (unpaired) electrons. The molecule has 0 amide bonds. The summed E-state index contributed by atoms with van der Waals surface area (Å²) in [6.45, 7) is 4.92. The number of rotatable bonds is 6. The lowest BCUT2D eigenvalue weighted by molar-refractivity contribution is 0.643. The van der Waals surface area contributed by atoms with Crippen molar-refractivity contribution in [2.75, 3.05) is 31.6 Å². The van der Waals surface area contributed by atoms with Crippen molar-refractivity contribution >= 4 is 34.6 Å². The molecular formula is C19H26ClN5S. The van der Waals surface area contributed by atoms with Crippen LogP contribution in [-0.2, 0) is 6.42 Å². The van der Waals surface area contributed by atoms with Crippen LogP contribution in [0.2, 0.25) is 5.02 Å². The minimum Gasteiger partial charge on any atom is -0.369 e. The van der Waals surface area contributed by atoms with Crippen LogP contribution in [0.1, 0.15) is 23.5 Å². The molecule has 1 aliphatic heterocycles. The van der Waals surface area contributed by atoms with Gasteiger partial charge in [-0.2, -0.15) is 0 Å². The summed E-state index contributed by atoms with van der Waals surface area (Å²) in [5.74, 6) is 0.873. The maximum atomic E-state index is 6.11. The van der Waals surface area contributed by atoms with E-state index < -0.39 is 0 Å². The molecule has 2 aromatic rings. The molecular weight excluding hydrogens is 366 g/mol. The summed E-state index contributed by atoms with van der Waals surface area (Å²) in [7, 11) is 1.82. The number of benzene rings is 1. The molecule has 1 aromatic heterocycles. The third kappa shape index (κ3) is 5.35. The predicted octanol–water partition coefficient (Wildman–Crippen LogP) is 3.48. The highest BCUT2D eigenvalue weighted by atomic mass is 35.5. The topological polar surface area (TPSA) is 52.6 Å². The van der Waals surface area contributed by atoms with Gasteiger partial charge in [0.1, 0.15) is 0 Å². The molecule has 0 aliphatic carbocycles. The summed E-state index contributed by atoms with van der Waals surface area (Å²) in [5.41, 5.74) is 2.30. The van der Waals surface area contributed by atoms with Crippen molar-refractivity contribution in [1.82, 2.24) is 15.6 Å². The van der Waals surface area contributed by atoms with Gasteiger partial charge in [0.25, 0.3) is 0 Å². The number of hydrogen-bond donors (Lipinski definition) is 2. The third-order valence-corrected chi connectivity index (χ3v) is 5.71. The van der Waals surface area contributed by atoms with Crippen molar-refractivity contribution in [3.05, 3.63) is 45.4 Å². The second-order valence-corrected chi connectivity index (χ2v) is 7.92. The number of guanidine groups is 1. The summed E-state index contributed by atoms with van der Waals surface area (Å²) < 4.78 is 0. The average molecular weight is 392 g/mol. The lowest BCUT2D eigenvalue weighted by atomic mass is 10.2. The lowest BCUT2D eigenvalue weighted by Gasteiger charge is -2.20. The Labute approximate surface area is 164 Å². The van der Waals surface area contributed by atoms with Gasteiger partial charge in [-0.25, -0.2) is 4.98 Å². The standard InChI is InChI=1S/C19H26ClN5S/c1-14-13-26-18(23-14)7-4-9-22-19(21-2)24-16-8-10-25(12-16)17-6-3-5-15(20)11-17/h3,5-6,11,13,16H,4,7-10,12H2,1-2H3,(H2,21,22,24). The van der Waals surface area contributed by atoms with Gasteiger partial charge in [-0.3, -0.25) is 4.99 Å². The first-order valence-corrected chi connectivity index (χ1v) is 10.3. The largest absolute Gasteiger partial charge is 0.369 e. The maximum Gasteiger partial charge on any atom is 0.191 e. The fourth-order valence-electron chi connectivity index (χ4n) is 3.14. The molecule has 26 heavy (non-hydrogen) atoms. The Morgan fingerprint density at radius 1 is 1.46 bits per heavy atom. The molecule has 0 saturated carbocycles. The second-order valence-electron chi connectivity index (χ2n) is 6.54. The summed E-state index contributed by atoms with van der Waals surface area (Å²) >= 11 is 7.85. The van der Waals surface area contributed by atoms with Gasteiger partial charge < -0.3 is 15.5 Å². The molecule has 1 saturated heterocycles. The van der Waals surface area contributed by atoms with Crippen LogP contribution in [0.25, 0.3) is 0 Å². The van der Waals surface area contributed by atoms with Crippen LogP contribution in [0.5, 0.6) is 0 Å². The van der Waals surface area contributed by atoms with Crippen LogP contribution in [-0.4, -0.2) is 43.7 Å². The van der Waals surface area contributed by atoms with Gasteiger partial charge in [-0.1, -0.05) is 17.7 Å². The van der Waals surface area contributed by atoms with E-state index in [1.54, 1.807) is 11.3 Å². The normalized spacial score (nSPS) is 17.6. The van der Waals surface area contributed by atoms with E-state index in [1.807, 2.05) is 32.2 Å². The molecule has 2 N–H and O–H groups in total. The van der Waals surface area contributed by atoms with Crippen LogP contribution in [0.3, 0.4) is 0 Å². The minimum absolute atomic E-state index is 0.391. The van der Waals surface area contributed by atoms with Gasteiger partial charge >= 0.3 is 0 Å². The molecule has 7 heteroatoms. The summed E-state index contributed by atoms with van der Waals surface area (Å²) in [5, 5.41) is 11.0. The first-order chi connectivity index (χ1) is 12.6. The molecule has 5 nitrogen and oxygen atoms in total. The van der Waals surface area contributed by atoms with Crippen molar-refractivity contribution in [1.29, 1.82) is 0 Å². The highest BCUT2D eigenvalue weighted by molar-refractivity contribution is 7.09. The number of thiazole rings is 1. The van der Waals surface area contributed by atoms with Gasteiger partial charge in [-0.15, -0.1) is 11.3 Å². The molecule has 0 bridgehead atoms. The number of aryl methyl sites for hydroxylation is 2. The van der Waals surface area contributed by atoms with E-state index in [4.69, 9.17) is 11.6 Å². The van der Waals surface area contributed by atoms with E-state index in [2.05, 4.69) is 37.0 Å². The van der Waals surface area contributed by atoms with E-state index in [0.717, 1.165) is 55.6 Å². The monoisotopic (exact) mass is 391 g/mol. The van der Waals surface area contributed by atoms with Gasteiger partial charge in [-0.05, 0) is 38.0 Å². The Bertz CT molecular complexity index is 745. The number of nitrogens with one attached hydrogen (secondary N) is 2. The van der Waals surface area contributed by atoms with Gasteiger partial charge in [0.15, 0.2) is 5.96 Å². The average Bonchev–Trinajstić information content (AvgIpc) is 3.26. The molecule has 1 unspecified atom stereocenters. The van der Waals surface area contributed by atoms with Crippen molar-refractivity contribution in [3.8, 4) is 0 Å². The Hall–Kier alpha value is -1.79. The van der Waals surface area contributed by atoms with Crippen molar-refractivity contribution in [3.63, 3.8) is 0 Å². The molecule has 1 atom stereocenters. The molecule has 1 fully saturated rings. The lowest BCUT2D eigenvalue weighted by Crippen LogP contribution is -2.44. The number of hydrogen-bond acceptors (Lipinski definition) is 4. The first-order valence-electron chi connectivity index (χ1n) is 9.03. The molecule has 1 aromatic carbocycles. The van der Waals surface area contributed by atoms with Gasteiger partial charge in [0, 0.05) is 60.9 Å². The van der Waals surface area contributed by atoms with Crippen LogP contribution < -0.4 is 15.5 Å². The maximum absolute atomic E-state index is 6.11. The Morgan fingerprint density at radius 2 is 2.35 bits per heavy atom. The molecule has 1 aliphatic rings. The number of anilines is 1. The highest BCUT2D eigenvalue weighted by Gasteiger charge is 2.23. The predicted molar refractivity (Wildman–Crippen MR) is 112 cm³/mol. The molecule has 2 heterocycles. The third-order valence-electron chi connectivity index (χ3n) is 4.45. The van der Waals surface area contributed by atoms with Crippen LogP contribution in [0, 0.1) is 6.92 Å². The van der Waals surface area contributed by atoms with E-state index >= 15 is 0 Å². The quantitative estimate of drug-likeness (QED) is 0.449. The van der Waals surface area contributed by atoms with Crippen molar-refractivity contribution in [2.45, 2.75) is 32.2 Å². The van der Waals surface area contributed by atoms with E-state index in [-0.39, 0.29) is 0 Å². The van der Waals surface area contributed by atoms with E-state index in [9.17, 15) is 0 Å². The summed E-state index contributed by atoms with van der Waals surface area (Å²) in [4.78, 5) is 11.2. The SMILES string of the molecule is CN=C(NCCCc1nc(C)cs1)NC1CCN(c2cccc(Cl)c2)C1. The second kappa shape index (κ2) is 9.24. The summed E-state index contributed by atoms with van der Waals surface area (Å²) in [6.07, 6.45) is 3.15. The van der Waals surface area contributed by atoms with Crippen LogP contribution in [0.4, 0.5) is 5.69 Å².